The van der Waals surface area contributed by atoms with Crippen molar-refractivity contribution in [1.29, 1.82) is 0 Å². The molecule has 2 aromatic rings. The number of guanidine groups is 1. The fourth-order valence-electron chi connectivity index (χ4n) is 3.72. The van der Waals surface area contributed by atoms with Crippen LogP contribution in [0, 0.1) is 5.82 Å². The van der Waals surface area contributed by atoms with Gasteiger partial charge >= 0.3 is 0 Å². The smallest absolute Gasteiger partial charge is 0.193 e. The van der Waals surface area contributed by atoms with E-state index in [1.807, 2.05) is 23.1 Å². The van der Waals surface area contributed by atoms with Crippen LogP contribution in [0.2, 0.25) is 0 Å². The average molecular weight is 368 g/mol. The molecule has 0 amide bonds. The zero-order chi connectivity index (χ0) is 18.6. The van der Waals surface area contributed by atoms with E-state index in [0.29, 0.717) is 44.5 Å². The first-order chi connectivity index (χ1) is 13.2. The van der Waals surface area contributed by atoms with E-state index >= 15 is 0 Å². The van der Waals surface area contributed by atoms with Gasteiger partial charge in [0.1, 0.15) is 5.82 Å². The summed E-state index contributed by atoms with van der Waals surface area (Å²) in [5.41, 5.74) is 11.2. The third-order valence-corrected chi connectivity index (χ3v) is 5.17. The van der Waals surface area contributed by atoms with E-state index in [2.05, 4.69) is 22.4 Å². The standard InChI is InChI=1S/C21H25FN4O/c22-19-12-15(4-7-20(19)26-8-10-27-11-9-26)14-24-21(23)25-18-6-5-16-2-1-3-17(16)13-18/h4-7,12-13H,1-3,8-11,14H2,(H3,23,24,25). The number of aliphatic imine (C=N–C) groups is 1. The number of ether oxygens (including phenoxy) is 1. The Morgan fingerprint density at radius 3 is 2.74 bits per heavy atom. The van der Waals surface area contributed by atoms with Gasteiger partial charge in [0.2, 0.25) is 0 Å². The minimum Gasteiger partial charge on any atom is -0.378 e. The SMILES string of the molecule is NC(=NCc1ccc(N2CCOCC2)c(F)c1)Nc1ccc2c(c1)CCC2. The maximum atomic E-state index is 14.5. The molecule has 0 saturated carbocycles. The molecule has 1 aliphatic heterocycles. The van der Waals surface area contributed by atoms with Crippen LogP contribution >= 0.6 is 0 Å². The number of benzene rings is 2. The monoisotopic (exact) mass is 368 g/mol. The second-order valence-corrected chi connectivity index (χ2v) is 7.05. The molecular formula is C21H25FN4O. The summed E-state index contributed by atoms with van der Waals surface area (Å²) >= 11 is 0. The summed E-state index contributed by atoms with van der Waals surface area (Å²) in [5, 5.41) is 3.13. The normalized spacial score (nSPS) is 17.1. The minimum absolute atomic E-state index is 0.227. The van der Waals surface area contributed by atoms with Crippen LogP contribution in [-0.2, 0) is 24.1 Å². The topological polar surface area (TPSA) is 62.9 Å². The number of morpholine rings is 1. The van der Waals surface area contributed by atoms with Gasteiger partial charge in [0.05, 0.1) is 25.4 Å². The van der Waals surface area contributed by atoms with Crippen molar-refractivity contribution in [2.75, 3.05) is 36.5 Å². The van der Waals surface area contributed by atoms with Gasteiger partial charge in [0.25, 0.3) is 0 Å². The van der Waals surface area contributed by atoms with Gasteiger partial charge in [-0.1, -0.05) is 12.1 Å². The van der Waals surface area contributed by atoms with E-state index in [1.54, 1.807) is 0 Å². The highest BCUT2D eigenvalue weighted by Crippen LogP contribution is 2.25. The Kier molecular flexibility index (Phi) is 5.25. The summed E-state index contributed by atoms with van der Waals surface area (Å²) in [6, 6.07) is 11.6. The Balaban J connectivity index is 1.39. The molecule has 4 rings (SSSR count). The average Bonchev–Trinajstić information content (AvgIpc) is 3.15. The highest BCUT2D eigenvalue weighted by Gasteiger charge is 2.15. The van der Waals surface area contributed by atoms with Gasteiger partial charge in [0.15, 0.2) is 5.96 Å². The predicted molar refractivity (Wildman–Crippen MR) is 107 cm³/mol. The zero-order valence-corrected chi connectivity index (χ0v) is 15.4. The molecule has 0 bridgehead atoms. The van der Waals surface area contributed by atoms with Crippen molar-refractivity contribution in [1.82, 2.24) is 0 Å². The summed E-state index contributed by atoms with van der Waals surface area (Å²) in [7, 11) is 0. The minimum atomic E-state index is -0.227. The molecule has 5 nitrogen and oxygen atoms in total. The lowest BCUT2D eigenvalue weighted by atomic mass is 10.1. The van der Waals surface area contributed by atoms with Gasteiger partial charge < -0.3 is 20.7 Å². The highest BCUT2D eigenvalue weighted by atomic mass is 19.1. The maximum absolute atomic E-state index is 14.5. The third kappa shape index (κ3) is 4.22. The first kappa shape index (κ1) is 17.8. The summed E-state index contributed by atoms with van der Waals surface area (Å²) in [5.74, 6) is 0.111. The van der Waals surface area contributed by atoms with Gasteiger partial charge in [0, 0.05) is 18.8 Å². The fraction of sp³-hybridized carbons (Fsp3) is 0.381. The van der Waals surface area contributed by atoms with Crippen LogP contribution in [-0.4, -0.2) is 32.3 Å². The van der Waals surface area contributed by atoms with Crippen molar-refractivity contribution in [3.8, 4) is 0 Å². The molecule has 0 atom stereocenters. The Bertz CT molecular complexity index is 846. The van der Waals surface area contributed by atoms with Gasteiger partial charge in [-0.3, -0.25) is 0 Å². The van der Waals surface area contributed by atoms with Crippen LogP contribution in [0.1, 0.15) is 23.1 Å². The Morgan fingerprint density at radius 2 is 1.93 bits per heavy atom. The van der Waals surface area contributed by atoms with Crippen LogP contribution in [0.15, 0.2) is 41.4 Å². The number of fused-ring (bicyclic) bond motifs is 1. The lowest BCUT2D eigenvalue weighted by molar-refractivity contribution is 0.122. The summed E-state index contributed by atoms with van der Waals surface area (Å²) in [4.78, 5) is 6.36. The number of rotatable bonds is 4. The van der Waals surface area contributed by atoms with E-state index in [4.69, 9.17) is 10.5 Å². The van der Waals surface area contributed by atoms with E-state index in [-0.39, 0.29) is 5.82 Å². The van der Waals surface area contributed by atoms with E-state index in [9.17, 15) is 4.39 Å². The van der Waals surface area contributed by atoms with Crippen LogP contribution < -0.4 is 16.0 Å². The molecule has 0 aromatic heterocycles. The molecule has 3 N–H and O–H groups in total. The summed E-state index contributed by atoms with van der Waals surface area (Å²) in [6.07, 6.45) is 3.50. The summed E-state index contributed by atoms with van der Waals surface area (Å²) < 4.78 is 19.8. The van der Waals surface area contributed by atoms with Gasteiger partial charge in [-0.05, 0) is 60.2 Å². The molecule has 142 valence electrons. The molecule has 0 spiro atoms. The number of nitrogens with zero attached hydrogens (tertiary/aromatic N) is 2. The van der Waals surface area contributed by atoms with Crippen molar-refractivity contribution >= 4 is 17.3 Å². The van der Waals surface area contributed by atoms with E-state index in [1.165, 1.54) is 23.6 Å². The number of nitrogens with one attached hydrogen (secondary N) is 1. The quantitative estimate of drug-likeness (QED) is 0.643. The number of anilines is 2. The van der Waals surface area contributed by atoms with Gasteiger partial charge in [-0.25, -0.2) is 9.38 Å². The molecule has 1 saturated heterocycles. The van der Waals surface area contributed by atoms with Crippen molar-refractivity contribution in [3.63, 3.8) is 0 Å². The molecule has 2 aliphatic rings. The fourth-order valence-corrected chi connectivity index (χ4v) is 3.72. The Hall–Kier alpha value is -2.60. The largest absolute Gasteiger partial charge is 0.378 e. The second kappa shape index (κ2) is 7.96. The zero-order valence-electron chi connectivity index (χ0n) is 15.4. The number of aryl methyl sites for hydroxylation is 2. The molecule has 0 radical (unpaired) electrons. The van der Waals surface area contributed by atoms with Gasteiger partial charge in [-0.15, -0.1) is 0 Å². The Morgan fingerprint density at radius 1 is 1.11 bits per heavy atom. The second-order valence-electron chi connectivity index (χ2n) is 7.05. The van der Waals surface area contributed by atoms with Crippen molar-refractivity contribution < 1.29 is 9.13 Å². The van der Waals surface area contributed by atoms with Crippen LogP contribution in [0.3, 0.4) is 0 Å². The van der Waals surface area contributed by atoms with E-state index < -0.39 is 0 Å². The molecule has 27 heavy (non-hydrogen) atoms. The van der Waals surface area contributed by atoms with E-state index in [0.717, 1.165) is 24.1 Å². The highest BCUT2D eigenvalue weighted by molar-refractivity contribution is 5.92. The van der Waals surface area contributed by atoms with Crippen molar-refractivity contribution in [2.24, 2.45) is 10.7 Å². The molecule has 1 fully saturated rings. The van der Waals surface area contributed by atoms with Crippen molar-refractivity contribution in [3.05, 3.63) is 58.9 Å². The number of halogens is 1. The number of hydrogen-bond acceptors (Lipinski definition) is 3. The molecule has 1 aliphatic carbocycles. The van der Waals surface area contributed by atoms with Crippen LogP contribution in [0.25, 0.3) is 0 Å². The van der Waals surface area contributed by atoms with Gasteiger partial charge in [-0.2, -0.15) is 0 Å². The van der Waals surface area contributed by atoms with Crippen LogP contribution in [0.5, 0.6) is 0 Å². The lowest BCUT2D eigenvalue weighted by Gasteiger charge is -2.29. The first-order valence-electron chi connectivity index (χ1n) is 9.49. The maximum Gasteiger partial charge on any atom is 0.193 e. The first-order valence-corrected chi connectivity index (χ1v) is 9.49. The third-order valence-electron chi connectivity index (χ3n) is 5.17. The molecular weight excluding hydrogens is 343 g/mol. The predicted octanol–water partition coefficient (Wildman–Crippen LogP) is 3.08. The van der Waals surface area contributed by atoms with Crippen LogP contribution in [0.4, 0.5) is 15.8 Å². The number of hydrogen-bond donors (Lipinski definition) is 2. The Labute approximate surface area is 159 Å². The molecule has 1 heterocycles. The molecule has 2 aromatic carbocycles. The van der Waals surface area contributed by atoms with Crippen molar-refractivity contribution in [2.45, 2.75) is 25.8 Å². The lowest BCUT2D eigenvalue weighted by Crippen LogP contribution is -2.36. The molecule has 6 heteroatoms. The summed E-state index contributed by atoms with van der Waals surface area (Å²) in [6.45, 7) is 3.04. The molecule has 0 unspecified atom stereocenters. The number of nitrogens with two attached hydrogens (primary N) is 1.